The third-order valence-corrected chi connectivity index (χ3v) is 7.12. The molecular formula is C20H35N5O3S. The van der Waals surface area contributed by atoms with Crippen LogP contribution < -0.4 is 10.6 Å². The highest BCUT2D eigenvalue weighted by Crippen LogP contribution is 2.25. The van der Waals surface area contributed by atoms with Crippen molar-refractivity contribution in [3.8, 4) is 0 Å². The number of aliphatic imine (C=N–C) groups is 1. The van der Waals surface area contributed by atoms with Gasteiger partial charge in [0, 0.05) is 26.2 Å². The van der Waals surface area contributed by atoms with Crippen molar-refractivity contribution in [2.75, 3.05) is 52.1 Å². The van der Waals surface area contributed by atoms with E-state index < -0.39 is 10.0 Å². The summed E-state index contributed by atoms with van der Waals surface area (Å²) < 4.78 is 30.6. The van der Waals surface area contributed by atoms with Gasteiger partial charge >= 0.3 is 0 Å². The SMILES string of the molecule is CCNC(=NCC(c1ccco1)N1CCCC1)NCC1CCN(S(C)(=O)=O)CC1. The quantitative estimate of drug-likeness (QED) is 0.486. The number of guanidine groups is 1. The van der Waals surface area contributed by atoms with Crippen LogP contribution in [-0.2, 0) is 10.0 Å². The highest BCUT2D eigenvalue weighted by Gasteiger charge is 2.26. The lowest BCUT2D eigenvalue weighted by atomic mass is 9.98. The minimum atomic E-state index is -3.07. The molecule has 3 heterocycles. The van der Waals surface area contributed by atoms with E-state index in [4.69, 9.17) is 9.41 Å². The fourth-order valence-corrected chi connectivity index (χ4v) is 5.00. The molecule has 29 heavy (non-hydrogen) atoms. The van der Waals surface area contributed by atoms with Gasteiger partial charge in [-0.05, 0) is 63.7 Å². The number of piperidine rings is 1. The maximum atomic E-state index is 11.7. The second-order valence-electron chi connectivity index (χ2n) is 7.98. The normalized spacial score (nSPS) is 21.4. The summed E-state index contributed by atoms with van der Waals surface area (Å²) in [5.74, 6) is 2.24. The molecular weight excluding hydrogens is 390 g/mol. The van der Waals surface area contributed by atoms with Gasteiger partial charge < -0.3 is 15.1 Å². The van der Waals surface area contributed by atoms with Crippen molar-refractivity contribution in [1.29, 1.82) is 0 Å². The second kappa shape index (κ2) is 10.4. The van der Waals surface area contributed by atoms with Gasteiger partial charge in [-0.2, -0.15) is 0 Å². The van der Waals surface area contributed by atoms with Crippen LogP contribution in [0.25, 0.3) is 0 Å². The van der Waals surface area contributed by atoms with E-state index in [9.17, 15) is 8.42 Å². The highest BCUT2D eigenvalue weighted by molar-refractivity contribution is 7.88. The molecule has 9 heteroatoms. The van der Waals surface area contributed by atoms with E-state index in [1.165, 1.54) is 19.1 Å². The van der Waals surface area contributed by atoms with E-state index >= 15 is 0 Å². The number of likely N-dealkylation sites (tertiary alicyclic amines) is 1. The summed E-state index contributed by atoms with van der Waals surface area (Å²) >= 11 is 0. The first-order valence-electron chi connectivity index (χ1n) is 10.7. The first-order valence-corrected chi connectivity index (χ1v) is 12.6. The van der Waals surface area contributed by atoms with E-state index in [1.807, 2.05) is 12.1 Å². The Morgan fingerprint density at radius 1 is 1.24 bits per heavy atom. The van der Waals surface area contributed by atoms with Crippen LogP contribution in [-0.4, -0.2) is 75.7 Å². The summed E-state index contributed by atoms with van der Waals surface area (Å²) in [5, 5.41) is 6.79. The molecule has 0 radical (unpaired) electrons. The third kappa shape index (κ3) is 6.45. The Balaban J connectivity index is 1.55. The van der Waals surface area contributed by atoms with E-state index in [-0.39, 0.29) is 6.04 Å². The fraction of sp³-hybridized carbons (Fsp3) is 0.750. The lowest BCUT2D eigenvalue weighted by Crippen LogP contribution is -2.44. The Bertz CT molecular complexity index is 736. The zero-order valence-corrected chi connectivity index (χ0v) is 18.5. The molecule has 3 rings (SSSR count). The van der Waals surface area contributed by atoms with E-state index in [1.54, 1.807) is 10.6 Å². The van der Waals surface area contributed by atoms with Gasteiger partial charge in [-0.3, -0.25) is 9.89 Å². The topological polar surface area (TPSA) is 90.2 Å². The third-order valence-electron chi connectivity index (χ3n) is 5.82. The standard InChI is InChI=1S/C20H35N5O3S/c1-3-21-20(22-15-17-8-12-25(13-9-17)29(2,26)27)23-16-18(19-7-6-14-28-19)24-10-4-5-11-24/h6-7,14,17-18H,3-5,8-13,15-16H2,1-2H3,(H2,21,22,23). The largest absolute Gasteiger partial charge is 0.468 e. The van der Waals surface area contributed by atoms with Crippen LogP contribution in [0.4, 0.5) is 0 Å². The molecule has 1 unspecified atom stereocenters. The first kappa shape index (κ1) is 22.1. The van der Waals surface area contributed by atoms with Gasteiger partial charge in [0.05, 0.1) is 25.1 Å². The van der Waals surface area contributed by atoms with Crippen LogP contribution in [0.1, 0.15) is 44.4 Å². The number of furan rings is 1. The van der Waals surface area contributed by atoms with Gasteiger partial charge in [-0.1, -0.05) is 0 Å². The number of hydrogen-bond acceptors (Lipinski definition) is 5. The molecule has 0 aliphatic carbocycles. The molecule has 0 amide bonds. The Hall–Kier alpha value is -1.58. The molecule has 2 aliphatic heterocycles. The Morgan fingerprint density at radius 3 is 2.55 bits per heavy atom. The van der Waals surface area contributed by atoms with Gasteiger partial charge in [-0.25, -0.2) is 12.7 Å². The molecule has 2 N–H and O–H groups in total. The van der Waals surface area contributed by atoms with E-state index in [0.29, 0.717) is 25.6 Å². The van der Waals surface area contributed by atoms with Crippen molar-refractivity contribution >= 4 is 16.0 Å². The second-order valence-corrected chi connectivity index (χ2v) is 9.96. The van der Waals surface area contributed by atoms with Gasteiger partial charge in [0.25, 0.3) is 0 Å². The summed E-state index contributed by atoms with van der Waals surface area (Å²) in [4.78, 5) is 7.29. The highest BCUT2D eigenvalue weighted by atomic mass is 32.2. The molecule has 0 aromatic carbocycles. The lowest BCUT2D eigenvalue weighted by Gasteiger charge is -2.30. The van der Waals surface area contributed by atoms with Crippen molar-refractivity contribution in [1.82, 2.24) is 19.8 Å². The molecule has 0 bridgehead atoms. The molecule has 2 fully saturated rings. The number of sulfonamides is 1. The van der Waals surface area contributed by atoms with Crippen LogP contribution in [0.15, 0.2) is 27.8 Å². The average Bonchev–Trinajstić information content (AvgIpc) is 3.40. The van der Waals surface area contributed by atoms with Crippen LogP contribution in [0.5, 0.6) is 0 Å². The fourth-order valence-electron chi connectivity index (χ4n) is 4.13. The predicted molar refractivity (Wildman–Crippen MR) is 115 cm³/mol. The van der Waals surface area contributed by atoms with Crippen LogP contribution >= 0.6 is 0 Å². The van der Waals surface area contributed by atoms with Crippen molar-refractivity contribution < 1.29 is 12.8 Å². The van der Waals surface area contributed by atoms with Gasteiger partial charge in [0.1, 0.15) is 5.76 Å². The minimum absolute atomic E-state index is 0.168. The van der Waals surface area contributed by atoms with Crippen molar-refractivity contribution in [3.05, 3.63) is 24.2 Å². The smallest absolute Gasteiger partial charge is 0.211 e. The van der Waals surface area contributed by atoms with E-state index in [0.717, 1.165) is 50.7 Å². The Labute approximate surface area is 174 Å². The number of hydrogen-bond donors (Lipinski definition) is 2. The number of nitrogens with one attached hydrogen (secondary N) is 2. The molecule has 1 aromatic rings. The van der Waals surface area contributed by atoms with Gasteiger partial charge in [0.15, 0.2) is 5.96 Å². The first-order chi connectivity index (χ1) is 14.0. The maximum absolute atomic E-state index is 11.7. The molecule has 0 saturated carbocycles. The molecule has 0 spiro atoms. The van der Waals surface area contributed by atoms with Crippen molar-refractivity contribution in [3.63, 3.8) is 0 Å². The molecule has 164 valence electrons. The summed E-state index contributed by atoms with van der Waals surface area (Å²) in [6.07, 6.45) is 7.23. The molecule has 1 atom stereocenters. The summed E-state index contributed by atoms with van der Waals surface area (Å²) in [7, 11) is -3.07. The molecule has 2 saturated heterocycles. The van der Waals surface area contributed by atoms with Crippen LogP contribution in [0.3, 0.4) is 0 Å². The number of nitrogens with zero attached hydrogens (tertiary/aromatic N) is 3. The van der Waals surface area contributed by atoms with Gasteiger partial charge in [0.2, 0.25) is 10.0 Å². The summed E-state index contributed by atoms with van der Waals surface area (Å²) in [6.45, 7) is 7.70. The van der Waals surface area contributed by atoms with Crippen molar-refractivity contribution in [2.45, 2.75) is 38.6 Å². The molecule has 1 aromatic heterocycles. The monoisotopic (exact) mass is 425 g/mol. The summed E-state index contributed by atoms with van der Waals surface area (Å²) in [5.41, 5.74) is 0. The van der Waals surface area contributed by atoms with E-state index in [2.05, 4.69) is 22.5 Å². The minimum Gasteiger partial charge on any atom is -0.468 e. The van der Waals surface area contributed by atoms with Crippen molar-refractivity contribution in [2.24, 2.45) is 10.9 Å². The predicted octanol–water partition coefficient (Wildman–Crippen LogP) is 1.64. The zero-order chi connectivity index (χ0) is 20.7. The Morgan fingerprint density at radius 2 is 1.97 bits per heavy atom. The van der Waals surface area contributed by atoms with Crippen LogP contribution in [0.2, 0.25) is 0 Å². The lowest BCUT2D eigenvalue weighted by molar-refractivity contribution is 0.221. The Kier molecular flexibility index (Phi) is 7.97. The molecule has 8 nitrogen and oxygen atoms in total. The maximum Gasteiger partial charge on any atom is 0.211 e. The van der Waals surface area contributed by atoms with Crippen LogP contribution in [0, 0.1) is 5.92 Å². The zero-order valence-electron chi connectivity index (χ0n) is 17.6. The summed E-state index contributed by atoms with van der Waals surface area (Å²) in [6, 6.07) is 4.14. The van der Waals surface area contributed by atoms with Gasteiger partial charge in [-0.15, -0.1) is 0 Å². The molecule has 2 aliphatic rings. The number of rotatable bonds is 8. The average molecular weight is 426 g/mol.